The molecule has 0 bridgehead atoms. The molecule has 3 aromatic rings. The summed E-state index contributed by atoms with van der Waals surface area (Å²) in [5.41, 5.74) is 0. The van der Waals surface area contributed by atoms with Crippen LogP contribution in [0.5, 0.6) is 0 Å². The van der Waals surface area contributed by atoms with Crippen molar-refractivity contribution in [2.24, 2.45) is 0 Å². The second-order valence-corrected chi connectivity index (χ2v) is 15.7. The molecular formula is C22H21O2Sb. The number of carbonyl (C=O) groups excluding carboxylic acids is 1. The molecule has 0 atom stereocenters. The van der Waals surface area contributed by atoms with E-state index in [0.29, 0.717) is 0 Å². The van der Waals surface area contributed by atoms with E-state index in [2.05, 4.69) is 102 Å². The molecule has 3 rings (SSSR count). The van der Waals surface area contributed by atoms with Crippen LogP contribution in [0, 0.1) is 0 Å². The van der Waals surface area contributed by atoms with Crippen molar-refractivity contribution < 1.29 is 9.90 Å². The van der Waals surface area contributed by atoms with Crippen LogP contribution in [0.15, 0.2) is 104 Å². The Hall–Kier alpha value is -2.31. The molecule has 0 spiro atoms. The van der Waals surface area contributed by atoms with Crippen molar-refractivity contribution in [1.82, 2.24) is 0 Å². The van der Waals surface area contributed by atoms with Gasteiger partial charge < -0.3 is 9.90 Å². The van der Waals surface area contributed by atoms with Gasteiger partial charge in [0.25, 0.3) is 0 Å². The summed E-state index contributed by atoms with van der Waals surface area (Å²) < 4.78 is 4.55. The summed E-state index contributed by atoms with van der Waals surface area (Å²) in [4.78, 5) is 11.6. The molecule has 0 N–H and O–H groups in total. The van der Waals surface area contributed by atoms with Crippen molar-refractivity contribution in [1.29, 1.82) is 0 Å². The van der Waals surface area contributed by atoms with Crippen LogP contribution in [0.25, 0.3) is 0 Å². The van der Waals surface area contributed by atoms with Crippen LogP contribution < -0.4 is 15.6 Å². The van der Waals surface area contributed by atoms with Crippen LogP contribution in [0.1, 0.15) is 0 Å². The van der Waals surface area contributed by atoms with E-state index in [1.807, 2.05) is 0 Å². The third-order valence-electron chi connectivity index (χ3n) is 3.98. The Morgan fingerprint density at radius 1 is 0.760 bits per heavy atom. The molecule has 0 aliphatic heterocycles. The van der Waals surface area contributed by atoms with Crippen LogP contribution >= 0.6 is 0 Å². The zero-order chi connectivity index (χ0) is 18.1. The van der Waals surface area contributed by atoms with E-state index in [9.17, 15) is 0 Å². The predicted octanol–water partition coefficient (Wildman–Crippen LogP) is 1.71. The summed E-state index contributed by atoms with van der Waals surface area (Å²) in [7, 11) is 0. The average molecular weight is 439 g/mol. The summed E-state index contributed by atoms with van der Waals surface area (Å²) >= 11 is -2.65. The van der Waals surface area contributed by atoms with Crippen molar-refractivity contribution in [3.8, 4) is 0 Å². The first-order valence-corrected chi connectivity index (χ1v) is 14.3. The third-order valence-corrected chi connectivity index (χ3v) is 15.4. The van der Waals surface area contributed by atoms with Crippen LogP contribution in [0.3, 0.4) is 0 Å². The van der Waals surface area contributed by atoms with Gasteiger partial charge in [-0.25, -0.2) is 0 Å². The fraction of sp³-hybridized carbons (Fsp3) is 0.0455. The first-order valence-electron chi connectivity index (χ1n) is 7.96. The van der Waals surface area contributed by atoms with Crippen molar-refractivity contribution in [3.05, 3.63) is 104 Å². The van der Waals surface area contributed by atoms with Gasteiger partial charge in [-0.05, 0) is 6.08 Å². The predicted molar refractivity (Wildman–Crippen MR) is 105 cm³/mol. The molecule has 0 unspecified atom stereocenters. The zero-order valence-electron chi connectivity index (χ0n) is 14.2. The number of hydrogen-bond donors (Lipinski definition) is 0. The summed E-state index contributed by atoms with van der Waals surface area (Å²) in [6, 6.07) is 33.1. The maximum absolute atomic E-state index is 9.14. The van der Waals surface area contributed by atoms with Crippen LogP contribution in [0.2, 0.25) is 4.87 Å². The summed E-state index contributed by atoms with van der Waals surface area (Å²) in [6.45, 7) is 2.90. The summed E-state index contributed by atoms with van der Waals surface area (Å²) in [5, 5.41) is 9.14. The van der Waals surface area contributed by atoms with Gasteiger partial charge in [-0.15, -0.1) is 0 Å². The average Bonchev–Trinajstić information content (AvgIpc) is 2.70. The van der Waals surface area contributed by atoms with Gasteiger partial charge in [-0.1, -0.05) is 6.58 Å². The normalized spacial score (nSPS) is 10.3. The molecule has 0 saturated carbocycles. The topological polar surface area (TPSA) is 40.1 Å². The molecule has 25 heavy (non-hydrogen) atoms. The zero-order valence-corrected chi connectivity index (χ0v) is 16.8. The summed E-state index contributed by atoms with van der Waals surface area (Å²) in [5.74, 6) is -1.23. The Morgan fingerprint density at radius 2 is 1.00 bits per heavy atom. The molecule has 2 nitrogen and oxygen atoms in total. The van der Waals surface area contributed by atoms with Crippen LogP contribution in [-0.2, 0) is 4.79 Å². The minimum absolute atomic E-state index is 0.722. The molecule has 0 saturated heterocycles. The van der Waals surface area contributed by atoms with Gasteiger partial charge in [0, 0.05) is 0 Å². The Morgan fingerprint density at radius 3 is 1.20 bits per heavy atom. The van der Waals surface area contributed by atoms with Gasteiger partial charge in [0.2, 0.25) is 0 Å². The second kappa shape index (κ2) is 9.24. The van der Waals surface area contributed by atoms with E-state index >= 15 is 0 Å². The molecule has 126 valence electrons. The molecule has 0 radical (unpaired) electrons. The number of carbonyl (C=O) groups is 1. The molecule has 3 aromatic carbocycles. The first kappa shape index (κ1) is 19.0. The number of aliphatic carboxylic acids is 1. The molecule has 0 aromatic heterocycles. The maximum atomic E-state index is 9.14. The number of carboxylic acids is 1. The molecule has 3 heteroatoms. The fourth-order valence-corrected chi connectivity index (χ4v) is 11.8. The van der Waals surface area contributed by atoms with E-state index in [0.717, 1.165) is 6.08 Å². The van der Waals surface area contributed by atoms with E-state index < -0.39 is 24.8 Å². The quantitative estimate of drug-likeness (QED) is 0.459. The Kier molecular flexibility index (Phi) is 7.03. The molecule has 0 aliphatic carbocycles. The van der Waals surface area contributed by atoms with Gasteiger partial charge in [-0.3, -0.25) is 0 Å². The van der Waals surface area contributed by atoms with Gasteiger partial charge in [0.05, 0.1) is 5.97 Å². The van der Waals surface area contributed by atoms with Crippen LogP contribution in [-0.4, -0.2) is 24.8 Å². The third kappa shape index (κ3) is 4.84. The Labute approximate surface area is 153 Å². The van der Waals surface area contributed by atoms with Crippen molar-refractivity contribution in [2.75, 3.05) is 0 Å². The number of carboxylic acid groups (broad SMARTS) is 1. The van der Waals surface area contributed by atoms with Crippen LogP contribution in [0.4, 0.5) is 0 Å². The van der Waals surface area contributed by atoms with E-state index in [4.69, 9.17) is 9.90 Å². The van der Waals surface area contributed by atoms with Gasteiger partial charge in [0.1, 0.15) is 0 Å². The number of rotatable bonds is 4. The van der Waals surface area contributed by atoms with E-state index in [1.165, 1.54) is 10.5 Å². The van der Waals surface area contributed by atoms with Crippen molar-refractivity contribution >= 4 is 35.3 Å². The molecular weight excluding hydrogens is 418 g/mol. The standard InChI is InChI=1S/3C6H5.C3H4O2.CH3.Sb/c3*1-2-4-6-5-3-1;1-2-3(4)5;;/h3*1-5H;2H,1H2,(H,4,5);1H3;/q;;;;;+1/p-1. The SMILES string of the molecule is C=CC(=O)[O-].[CH3][Sb+]([c]1ccccc1)([c]1ccccc1)[c]1ccccc1. The van der Waals surface area contributed by atoms with E-state index in [-0.39, 0.29) is 0 Å². The summed E-state index contributed by atoms with van der Waals surface area (Å²) in [6.07, 6.45) is 0.722. The molecule has 0 heterocycles. The Balaban J connectivity index is 0.000000399. The van der Waals surface area contributed by atoms with Gasteiger partial charge >= 0.3 is 125 Å². The molecule has 0 aliphatic rings. The van der Waals surface area contributed by atoms with E-state index in [1.54, 1.807) is 0 Å². The van der Waals surface area contributed by atoms with Gasteiger partial charge in [-0.2, -0.15) is 0 Å². The number of hydrogen-bond acceptors (Lipinski definition) is 2. The minimum atomic E-state index is -2.65. The first-order chi connectivity index (χ1) is 12.1. The Bertz CT molecular complexity index is 703. The number of benzene rings is 3. The molecule has 0 amide bonds. The molecule has 0 fully saturated rings. The second-order valence-electron chi connectivity index (χ2n) is 5.54. The van der Waals surface area contributed by atoms with Crippen molar-refractivity contribution in [3.63, 3.8) is 0 Å². The monoisotopic (exact) mass is 438 g/mol. The van der Waals surface area contributed by atoms with Gasteiger partial charge in [0.15, 0.2) is 0 Å². The fourth-order valence-electron chi connectivity index (χ4n) is 2.63. The van der Waals surface area contributed by atoms with Crippen molar-refractivity contribution in [2.45, 2.75) is 4.87 Å².